The van der Waals surface area contributed by atoms with E-state index >= 15 is 0 Å². The minimum atomic E-state index is -0.540. The van der Waals surface area contributed by atoms with Crippen molar-refractivity contribution in [2.24, 2.45) is 0 Å². The molecule has 0 fully saturated rings. The largest absolute Gasteiger partial charge is 0.465 e. The molecule has 0 bridgehead atoms. The third kappa shape index (κ3) is 3.55. The van der Waals surface area contributed by atoms with Crippen molar-refractivity contribution in [2.45, 2.75) is 25.7 Å². The van der Waals surface area contributed by atoms with Gasteiger partial charge < -0.3 is 15.0 Å². The minimum absolute atomic E-state index is 0.0306. The van der Waals surface area contributed by atoms with E-state index in [0.29, 0.717) is 10.6 Å². The van der Waals surface area contributed by atoms with Crippen LogP contribution in [0.4, 0.5) is 5.00 Å². The summed E-state index contributed by atoms with van der Waals surface area (Å²) in [5.41, 5.74) is 3.03. The summed E-state index contributed by atoms with van der Waals surface area (Å²) in [5, 5.41) is 13.7. The van der Waals surface area contributed by atoms with E-state index in [2.05, 4.69) is 10.3 Å². The number of esters is 1. The van der Waals surface area contributed by atoms with Crippen LogP contribution in [-0.4, -0.2) is 24.0 Å². The lowest BCUT2D eigenvalue weighted by atomic mass is 9.95. The Balaban J connectivity index is 1.67. The van der Waals surface area contributed by atoms with Gasteiger partial charge in [-0.2, -0.15) is 5.26 Å². The summed E-state index contributed by atoms with van der Waals surface area (Å²) >= 11 is 1.40. The number of H-pyrrole nitrogens is 1. The molecule has 3 aromatic rings. The number of carbonyl (C=O) groups is 2. The van der Waals surface area contributed by atoms with E-state index < -0.39 is 11.9 Å². The van der Waals surface area contributed by atoms with Crippen LogP contribution in [0.3, 0.4) is 0 Å². The number of nitriles is 1. The van der Waals surface area contributed by atoms with Crippen LogP contribution in [0.1, 0.15) is 39.2 Å². The zero-order valence-corrected chi connectivity index (χ0v) is 16.7. The molecule has 1 amide bonds. The van der Waals surface area contributed by atoms with Crippen molar-refractivity contribution >= 4 is 45.2 Å². The summed E-state index contributed by atoms with van der Waals surface area (Å²) in [7, 11) is 1.33. The molecule has 29 heavy (non-hydrogen) atoms. The molecule has 4 rings (SSSR count). The number of hydrogen-bond acceptors (Lipinski definition) is 5. The van der Waals surface area contributed by atoms with Crippen molar-refractivity contribution in [3.8, 4) is 6.07 Å². The zero-order chi connectivity index (χ0) is 20.4. The minimum Gasteiger partial charge on any atom is -0.465 e. The van der Waals surface area contributed by atoms with Gasteiger partial charge in [0, 0.05) is 27.5 Å². The fourth-order valence-corrected chi connectivity index (χ4v) is 4.93. The van der Waals surface area contributed by atoms with Crippen molar-refractivity contribution < 1.29 is 14.3 Å². The van der Waals surface area contributed by atoms with Crippen molar-refractivity contribution in [1.29, 1.82) is 5.26 Å². The van der Waals surface area contributed by atoms with Gasteiger partial charge in [0.15, 0.2) is 0 Å². The van der Waals surface area contributed by atoms with E-state index in [9.17, 15) is 14.9 Å². The standard InChI is InChI=1S/C22H19N3O3S/c1-28-22(27)19-16-7-3-5-9-18(16)29-21(19)25-20(26)13(11-23)10-14-12-24-17-8-4-2-6-15(14)17/h2,4,6,8,10,12,24H,3,5,7,9H2,1H3,(H,25,26)/b13-10-. The summed E-state index contributed by atoms with van der Waals surface area (Å²) in [6.07, 6.45) is 7.06. The molecule has 0 saturated heterocycles. The van der Waals surface area contributed by atoms with Gasteiger partial charge in [-0.05, 0) is 43.4 Å². The lowest BCUT2D eigenvalue weighted by Gasteiger charge is -2.11. The Labute approximate surface area is 171 Å². The van der Waals surface area contributed by atoms with Crippen LogP contribution in [0, 0.1) is 11.3 Å². The predicted molar refractivity (Wildman–Crippen MR) is 113 cm³/mol. The SMILES string of the molecule is COC(=O)c1c(NC(=O)/C(C#N)=C\c2c[nH]c3ccccc23)sc2c1CCCC2. The number of rotatable bonds is 4. The number of methoxy groups -OCH3 is 1. The lowest BCUT2D eigenvalue weighted by Crippen LogP contribution is -2.16. The Morgan fingerprint density at radius 3 is 2.86 bits per heavy atom. The molecule has 2 heterocycles. The maximum Gasteiger partial charge on any atom is 0.341 e. The van der Waals surface area contributed by atoms with E-state index in [1.165, 1.54) is 18.4 Å². The van der Waals surface area contributed by atoms with E-state index in [0.717, 1.165) is 52.6 Å². The number of amides is 1. The fourth-order valence-electron chi connectivity index (χ4n) is 3.66. The normalized spacial score (nSPS) is 13.6. The van der Waals surface area contributed by atoms with Crippen LogP contribution >= 0.6 is 11.3 Å². The fraction of sp³-hybridized carbons (Fsp3) is 0.227. The van der Waals surface area contributed by atoms with Crippen LogP contribution in [0.25, 0.3) is 17.0 Å². The molecule has 0 saturated carbocycles. The van der Waals surface area contributed by atoms with Crippen LogP contribution in [0.15, 0.2) is 36.0 Å². The monoisotopic (exact) mass is 405 g/mol. The van der Waals surface area contributed by atoms with Gasteiger partial charge in [0.1, 0.15) is 16.6 Å². The molecule has 1 aliphatic rings. The molecule has 1 aliphatic carbocycles. The number of para-hydroxylation sites is 1. The molecule has 0 atom stereocenters. The maximum absolute atomic E-state index is 12.8. The highest BCUT2D eigenvalue weighted by atomic mass is 32.1. The van der Waals surface area contributed by atoms with Crippen LogP contribution < -0.4 is 5.32 Å². The van der Waals surface area contributed by atoms with Crippen molar-refractivity contribution in [3.63, 3.8) is 0 Å². The van der Waals surface area contributed by atoms with Crippen LogP contribution in [0.5, 0.6) is 0 Å². The Hall–Kier alpha value is -3.37. The highest BCUT2D eigenvalue weighted by Gasteiger charge is 2.27. The lowest BCUT2D eigenvalue weighted by molar-refractivity contribution is -0.112. The number of nitrogens with zero attached hydrogens (tertiary/aromatic N) is 1. The predicted octanol–water partition coefficient (Wildman–Crippen LogP) is 4.44. The van der Waals surface area contributed by atoms with Crippen molar-refractivity contribution in [3.05, 3.63) is 57.6 Å². The highest BCUT2D eigenvalue weighted by molar-refractivity contribution is 7.17. The topological polar surface area (TPSA) is 95.0 Å². The molecule has 6 nitrogen and oxygen atoms in total. The smallest absolute Gasteiger partial charge is 0.341 e. The van der Waals surface area contributed by atoms with Gasteiger partial charge in [0.25, 0.3) is 5.91 Å². The number of benzene rings is 1. The third-order valence-corrected chi connectivity index (χ3v) is 6.28. The second-order valence-electron chi connectivity index (χ2n) is 6.82. The summed E-state index contributed by atoms with van der Waals surface area (Å²) in [5.74, 6) is -1.000. The average molecular weight is 405 g/mol. The first-order chi connectivity index (χ1) is 14.1. The summed E-state index contributed by atoms with van der Waals surface area (Å²) in [6.45, 7) is 0. The first-order valence-corrected chi connectivity index (χ1v) is 10.2. The molecule has 2 N–H and O–H groups in total. The van der Waals surface area contributed by atoms with Gasteiger partial charge >= 0.3 is 5.97 Å². The molecule has 2 aromatic heterocycles. The number of anilines is 1. The van der Waals surface area contributed by atoms with Crippen LogP contribution in [0.2, 0.25) is 0 Å². The van der Waals surface area contributed by atoms with Gasteiger partial charge in [-0.25, -0.2) is 4.79 Å². The molecule has 1 aromatic carbocycles. The molecule has 0 unspecified atom stereocenters. The number of hydrogen-bond donors (Lipinski definition) is 2. The molecular formula is C22H19N3O3S. The summed E-state index contributed by atoms with van der Waals surface area (Å²) in [6, 6.07) is 9.64. The Kier molecular flexibility index (Phi) is 5.19. The molecule has 0 spiro atoms. The molecule has 0 radical (unpaired) electrons. The number of fused-ring (bicyclic) bond motifs is 2. The van der Waals surface area contributed by atoms with Crippen molar-refractivity contribution in [2.75, 3.05) is 12.4 Å². The zero-order valence-electron chi connectivity index (χ0n) is 15.9. The van der Waals surface area contributed by atoms with E-state index in [4.69, 9.17) is 4.74 Å². The number of ether oxygens (including phenoxy) is 1. The second-order valence-corrected chi connectivity index (χ2v) is 7.93. The maximum atomic E-state index is 12.8. The molecule has 7 heteroatoms. The van der Waals surface area contributed by atoms with Crippen molar-refractivity contribution in [1.82, 2.24) is 4.98 Å². The number of carbonyl (C=O) groups excluding carboxylic acids is 2. The van der Waals surface area contributed by atoms with E-state index in [1.807, 2.05) is 30.3 Å². The van der Waals surface area contributed by atoms with E-state index in [-0.39, 0.29) is 5.57 Å². The number of aromatic nitrogens is 1. The number of aromatic amines is 1. The second kappa shape index (κ2) is 7.94. The highest BCUT2D eigenvalue weighted by Crippen LogP contribution is 2.38. The first-order valence-electron chi connectivity index (χ1n) is 9.34. The summed E-state index contributed by atoms with van der Waals surface area (Å²) < 4.78 is 4.94. The first kappa shape index (κ1) is 19.0. The molecular weight excluding hydrogens is 386 g/mol. The Bertz CT molecular complexity index is 1180. The summed E-state index contributed by atoms with van der Waals surface area (Å²) in [4.78, 5) is 29.4. The number of thiophene rings is 1. The van der Waals surface area contributed by atoms with Gasteiger partial charge in [-0.15, -0.1) is 11.3 Å². The Morgan fingerprint density at radius 1 is 1.28 bits per heavy atom. The molecule has 146 valence electrons. The van der Waals surface area contributed by atoms with Gasteiger partial charge in [0.05, 0.1) is 12.7 Å². The average Bonchev–Trinajstić information content (AvgIpc) is 3.32. The van der Waals surface area contributed by atoms with E-state index in [1.54, 1.807) is 12.3 Å². The number of aryl methyl sites for hydroxylation is 1. The number of nitrogens with one attached hydrogen (secondary N) is 2. The van der Waals surface area contributed by atoms with Gasteiger partial charge in [-0.3, -0.25) is 4.79 Å². The molecule has 0 aliphatic heterocycles. The quantitative estimate of drug-likeness (QED) is 0.381. The van der Waals surface area contributed by atoms with Crippen LogP contribution in [-0.2, 0) is 22.4 Å². The van der Waals surface area contributed by atoms with Gasteiger partial charge in [-0.1, -0.05) is 18.2 Å². The third-order valence-electron chi connectivity index (χ3n) is 5.07. The van der Waals surface area contributed by atoms with Gasteiger partial charge in [0.2, 0.25) is 0 Å². The Morgan fingerprint density at radius 2 is 2.07 bits per heavy atom.